The Balaban J connectivity index is 3.30. The molecule has 1 rings (SSSR count). The van der Waals surface area contributed by atoms with E-state index in [9.17, 15) is 0 Å². The van der Waals surface area contributed by atoms with Crippen molar-refractivity contribution < 1.29 is 10.0 Å². The number of thioether (sulfide) groups is 1. The lowest BCUT2D eigenvalue weighted by Crippen LogP contribution is -2.31. The number of rotatable bonds is 2. The Hall–Kier alpha value is 0.135. The topological polar surface area (TPSA) is 40.5 Å². The van der Waals surface area contributed by atoms with Crippen LogP contribution in [0.4, 0.5) is 0 Å². The van der Waals surface area contributed by atoms with Gasteiger partial charge in [-0.2, -0.15) is 0 Å². The van der Waals surface area contributed by atoms with Crippen molar-refractivity contribution in [2.45, 2.75) is 4.90 Å². The minimum Gasteiger partial charge on any atom is -0.423 e. The lowest BCUT2D eigenvalue weighted by molar-refractivity contribution is 0.425. The first-order valence-electron chi connectivity index (χ1n) is 3.46. The molecular formula is C7H7BCl2O2S. The van der Waals surface area contributed by atoms with Gasteiger partial charge >= 0.3 is 7.12 Å². The normalized spacial score (nSPS) is 10.2. The third-order valence-corrected chi connectivity index (χ3v) is 3.33. The molecule has 0 aliphatic heterocycles. The van der Waals surface area contributed by atoms with Gasteiger partial charge in [0, 0.05) is 4.90 Å². The smallest absolute Gasteiger partial charge is 0.423 e. The number of halogens is 2. The second-order valence-corrected chi connectivity index (χ2v) is 3.96. The maximum absolute atomic E-state index is 8.99. The summed E-state index contributed by atoms with van der Waals surface area (Å²) < 4.78 is 0. The highest BCUT2D eigenvalue weighted by Crippen LogP contribution is 2.30. The van der Waals surface area contributed by atoms with Crippen LogP contribution >= 0.6 is 35.0 Å². The van der Waals surface area contributed by atoms with E-state index in [1.807, 2.05) is 0 Å². The van der Waals surface area contributed by atoms with Crippen LogP contribution in [0.5, 0.6) is 0 Å². The van der Waals surface area contributed by atoms with E-state index in [2.05, 4.69) is 0 Å². The molecule has 0 unspecified atom stereocenters. The standard InChI is InChI=1S/C7H7BCl2O2S/c1-13-7-4(8(11)12)2-3-5(9)6(7)10/h2-3,11-12H,1H3. The molecule has 0 atom stereocenters. The Morgan fingerprint density at radius 2 is 1.92 bits per heavy atom. The summed E-state index contributed by atoms with van der Waals surface area (Å²) in [4.78, 5) is 0.601. The minimum absolute atomic E-state index is 0.361. The van der Waals surface area contributed by atoms with E-state index in [1.165, 1.54) is 11.8 Å². The molecule has 0 spiro atoms. The van der Waals surface area contributed by atoms with Crippen molar-refractivity contribution in [1.82, 2.24) is 0 Å². The zero-order valence-corrected chi connectivity index (χ0v) is 9.12. The van der Waals surface area contributed by atoms with Crippen LogP contribution in [0.15, 0.2) is 17.0 Å². The van der Waals surface area contributed by atoms with E-state index < -0.39 is 7.12 Å². The van der Waals surface area contributed by atoms with Crippen molar-refractivity contribution in [3.05, 3.63) is 22.2 Å². The van der Waals surface area contributed by atoms with Gasteiger partial charge in [-0.15, -0.1) is 11.8 Å². The van der Waals surface area contributed by atoms with Crippen LogP contribution in [0.2, 0.25) is 10.0 Å². The molecule has 0 amide bonds. The molecule has 0 fully saturated rings. The fourth-order valence-electron chi connectivity index (χ4n) is 0.958. The molecule has 0 aromatic heterocycles. The van der Waals surface area contributed by atoms with E-state index in [0.29, 0.717) is 20.4 Å². The Labute approximate surface area is 91.0 Å². The van der Waals surface area contributed by atoms with Crippen molar-refractivity contribution >= 4 is 47.5 Å². The highest BCUT2D eigenvalue weighted by Gasteiger charge is 2.19. The van der Waals surface area contributed by atoms with Crippen molar-refractivity contribution in [2.24, 2.45) is 0 Å². The molecule has 0 saturated carbocycles. The lowest BCUT2D eigenvalue weighted by Gasteiger charge is -2.09. The summed E-state index contributed by atoms with van der Waals surface area (Å²) >= 11 is 13.0. The molecule has 0 aliphatic carbocycles. The third-order valence-electron chi connectivity index (χ3n) is 1.56. The molecule has 2 N–H and O–H groups in total. The second-order valence-electron chi connectivity index (χ2n) is 2.36. The van der Waals surface area contributed by atoms with Gasteiger partial charge in [0.1, 0.15) is 0 Å². The predicted octanol–water partition coefficient (Wildman–Crippen LogP) is 1.40. The molecular weight excluding hydrogens is 230 g/mol. The van der Waals surface area contributed by atoms with Gasteiger partial charge in [-0.1, -0.05) is 29.3 Å². The molecule has 13 heavy (non-hydrogen) atoms. The van der Waals surface area contributed by atoms with Gasteiger partial charge in [-0.3, -0.25) is 0 Å². The summed E-state index contributed by atoms with van der Waals surface area (Å²) in [7, 11) is -1.52. The molecule has 1 aromatic carbocycles. The summed E-state index contributed by atoms with van der Waals surface area (Å²) in [6.07, 6.45) is 1.80. The van der Waals surface area contributed by atoms with Crippen molar-refractivity contribution in [3.8, 4) is 0 Å². The highest BCUT2D eigenvalue weighted by molar-refractivity contribution is 7.99. The van der Waals surface area contributed by atoms with Gasteiger partial charge in [0.25, 0.3) is 0 Å². The van der Waals surface area contributed by atoms with Gasteiger partial charge in [0.05, 0.1) is 10.0 Å². The van der Waals surface area contributed by atoms with Gasteiger partial charge < -0.3 is 10.0 Å². The molecule has 0 bridgehead atoms. The Morgan fingerprint density at radius 3 is 2.38 bits per heavy atom. The molecule has 0 saturated heterocycles. The van der Waals surface area contributed by atoms with Crippen LogP contribution in [0.1, 0.15) is 0 Å². The molecule has 0 radical (unpaired) electrons. The average molecular weight is 237 g/mol. The summed E-state index contributed by atoms with van der Waals surface area (Å²) in [5.41, 5.74) is 0.377. The third kappa shape index (κ3) is 2.33. The maximum Gasteiger partial charge on any atom is 0.489 e. The van der Waals surface area contributed by atoms with E-state index in [-0.39, 0.29) is 0 Å². The van der Waals surface area contributed by atoms with Gasteiger partial charge in [0.2, 0.25) is 0 Å². The first-order valence-corrected chi connectivity index (χ1v) is 5.44. The van der Waals surface area contributed by atoms with Gasteiger partial charge in [-0.25, -0.2) is 0 Å². The monoisotopic (exact) mass is 236 g/mol. The van der Waals surface area contributed by atoms with Crippen LogP contribution in [0.3, 0.4) is 0 Å². The molecule has 0 heterocycles. The fraction of sp³-hybridized carbons (Fsp3) is 0.143. The quantitative estimate of drug-likeness (QED) is 0.603. The molecule has 0 aliphatic rings. The van der Waals surface area contributed by atoms with Crippen molar-refractivity contribution in [1.29, 1.82) is 0 Å². The van der Waals surface area contributed by atoms with E-state index in [1.54, 1.807) is 18.4 Å². The molecule has 1 aromatic rings. The predicted molar refractivity (Wildman–Crippen MR) is 58.1 cm³/mol. The SMILES string of the molecule is CSc1c(B(O)O)ccc(Cl)c1Cl. The first-order chi connectivity index (χ1) is 6.07. The fourth-order valence-corrected chi connectivity index (χ4v) is 2.27. The summed E-state index contributed by atoms with van der Waals surface area (Å²) in [5, 5.41) is 18.8. The zero-order chi connectivity index (χ0) is 10.0. The van der Waals surface area contributed by atoms with Gasteiger partial charge in [0.15, 0.2) is 0 Å². The molecule has 70 valence electrons. The van der Waals surface area contributed by atoms with Crippen LogP contribution in [-0.4, -0.2) is 23.4 Å². The van der Waals surface area contributed by atoms with Crippen LogP contribution < -0.4 is 5.46 Å². The van der Waals surface area contributed by atoms with Crippen LogP contribution in [-0.2, 0) is 0 Å². The highest BCUT2D eigenvalue weighted by atomic mass is 35.5. The van der Waals surface area contributed by atoms with Crippen molar-refractivity contribution in [3.63, 3.8) is 0 Å². The first kappa shape index (κ1) is 11.2. The summed E-state index contributed by atoms with van der Waals surface area (Å²) in [6, 6.07) is 3.09. The number of hydrogen-bond acceptors (Lipinski definition) is 3. The van der Waals surface area contributed by atoms with E-state index in [4.69, 9.17) is 33.2 Å². The molecule has 2 nitrogen and oxygen atoms in total. The zero-order valence-electron chi connectivity index (χ0n) is 6.79. The van der Waals surface area contributed by atoms with Crippen molar-refractivity contribution in [2.75, 3.05) is 6.26 Å². The average Bonchev–Trinajstić information content (AvgIpc) is 2.09. The summed E-state index contributed by atoms with van der Waals surface area (Å²) in [6.45, 7) is 0. The maximum atomic E-state index is 8.99. The molecule has 6 heteroatoms. The van der Waals surface area contributed by atoms with Gasteiger partial charge in [-0.05, 0) is 17.8 Å². The summed E-state index contributed by atoms with van der Waals surface area (Å²) in [5.74, 6) is 0. The number of benzene rings is 1. The van der Waals surface area contributed by atoms with E-state index in [0.717, 1.165) is 0 Å². The van der Waals surface area contributed by atoms with E-state index >= 15 is 0 Å². The van der Waals surface area contributed by atoms with Crippen LogP contribution in [0, 0.1) is 0 Å². The minimum atomic E-state index is -1.52. The largest absolute Gasteiger partial charge is 0.489 e. The lowest BCUT2D eigenvalue weighted by atomic mass is 9.80. The Bertz CT molecular complexity index is 320. The van der Waals surface area contributed by atoms with Crippen LogP contribution in [0.25, 0.3) is 0 Å². The second kappa shape index (κ2) is 4.57. The Morgan fingerprint density at radius 1 is 1.31 bits per heavy atom. The number of hydrogen-bond donors (Lipinski definition) is 2. The Kier molecular flexibility index (Phi) is 3.95.